The van der Waals surface area contributed by atoms with E-state index in [1.54, 1.807) is 11.3 Å². The second kappa shape index (κ2) is 12.6. The molecule has 0 aliphatic heterocycles. The topological polar surface area (TPSA) is 56.7 Å². The summed E-state index contributed by atoms with van der Waals surface area (Å²) in [7, 11) is 0. The minimum atomic E-state index is 0.652. The summed E-state index contributed by atoms with van der Waals surface area (Å²) in [4.78, 5) is 14.9. The molecule has 266 valence electrons. The third-order valence-corrected chi connectivity index (χ3v) is 12.2. The SMILES string of the molecule is c1ccc(-c2nc(-c3ccccc3)nc(-c3ccc4c(c3)sc3ccc(-c5cccc6c5oc5cccc(-n7c8ccccc8c8ccccc87)c56)cc34)n2)cc1. The van der Waals surface area contributed by atoms with Crippen molar-refractivity contribution in [1.29, 1.82) is 0 Å². The normalized spacial score (nSPS) is 11.9. The third-order valence-electron chi connectivity index (χ3n) is 11.1. The van der Waals surface area contributed by atoms with Crippen molar-refractivity contribution in [3.8, 4) is 51.0 Å². The van der Waals surface area contributed by atoms with Crippen LogP contribution in [0, 0.1) is 0 Å². The summed E-state index contributed by atoms with van der Waals surface area (Å²) in [5.41, 5.74) is 10.3. The number of rotatable bonds is 5. The van der Waals surface area contributed by atoms with Gasteiger partial charge in [-0.15, -0.1) is 11.3 Å². The molecule has 0 amide bonds. The predicted octanol–water partition coefficient (Wildman–Crippen LogP) is 13.9. The highest BCUT2D eigenvalue weighted by Gasteiger charge is 2.20. The molecule has 57 heavy (non-hydrogen) atoms. The van der Waals surface area contributed by atoms with Gasteiger partial charge < -0.3 is 8.98 Å². The average Bonchev–Trinajstić information content (AvgIpc) is 3.96. The molecule has 4 aromatic heterocycles. The number of hydrogen-bond donors (Lipinski definition) is 0. The van der Waals surface area contributed by atoms with E-state index in [1.165, 1.54) is 42.0 Å². The van der Waals surface area contributed by atoms with E-state index in [4.69, 9.17) is 19.4 Å². The van der Waals surface area contributed by atoms with E-state index in [9.17, 15) is 0 Å². The van der Waals surface area contributed by atoms with Gasteiger partial charge >= 0.3 is 0 Å². The number of fused-ring (bicyclic) bond motifs is 9. The summed E-state index contributed by atoms with van der Waals surface area (Å²) < 4.78 is 11.6. The second-order valence-corrected chi connectivity index (χ2v) is 15.5. The Bertz CT molecular complexity index is 3420. The van der Waals surface area contributed by atoms with Gasteiger partial charge in [-0.1, -0.05) is 140 Å². The zero-order valence-corrected chi connectivity index (χ0v) is 31.2. The van der Waals surface area contributed by atoms with E-state index in [1.807, 2.05) is 60.7 Å². The smallest absolute Gasteiger partial charge is 0.164 e. The molecule has 0 saturated carbocycles. The van der Waals surface area contributed by atoms with E-state index < -0.39 is 0 Å². The molecule has 0 unspecified atom stereocenters. The maximum absolute atomic E-state index is 6.80. The van der Waals surface area contributed by atoms with E-state index in [0.717, 1.165) is 55.4 Å². The van der Waals surface area contributed by atoms with Crippen LogP contribution in [-0.4, -0.2) is 19.5 Å². The maximum atomic E-state index is 6.80. The van der Waals surface area contributed by atoms with Gasteiger partial charge in [-0.05, 0) is 48.0 Å². The van der Waals surface area contributed by atoms with Crippen molar-refractivity contribution >= 4 is 75.3 Å². The summed E-state index contributed by atoms with van der Waals surface area (Å²) in [5.74, 6) is 1.96. The van der Waals surface area contributed by atoms with E-state index >= 15 is 0 Å². The molecule has 0 aliphatic carbocycles. The van der Waals surface area contributed by atoms with Crippen LogP contribution in [0.1, 0.15) is 0 Å². The molecular formula is C51H30N4OS. The number of hydrogen-bond acceptors (Lipinski definition) is 5. The van der Waals surface area contributed by atoms with Gasteiger partial charge in [0.1, 0.15) is 11.2 Å². The van der Waals surface area contributed by atoms with E-state index in [-0.39, 0.29) is 0 Å². The van der Waals surface area contributed by atoms with Crippen LogP contribution in [0.5, 0.6) is 0 Å². The standard InChI is InChI=1S/C51H30N4OS/c1-3-13-31(14-4-1)49-52-50(32-15-5-2-6-16-32)54-51(53-49)34-25-27-38-40-29-33(26-28-45(40)57-46(38)30-34)35-19-11-20-39-47-43(23-12-24-44(47)56-48(35)39)55-41-21-9-7-17-36(41)37-18-8-10-22-42(37)55/h1-30H. The highest BCUT2D eigenvalue weighted by molar-refractivity contribution is 7.25. The number of para-hydroxylation sites is 3. The minimum absolute atomic E-state index is 0.652. The van der Waals surface area contributed by atoms with Gasteiger partial charge in [0.05, 0.1) is 22.1 Å². The van der Waals surface area contributed by atoms with Crippen molar-refractivity contribution in [2.45, 2.75) is 0 Å². The lowest BCUT2D eigenvalue weighted by atomic mass is 9.99. The maximum Gasteiger partial charge on any atom is 0.164 e. The Kier molecular flexibility index (Phi) is 7.03. The molecule has 12 rings (SSSR count). The molecule has 0 bridgehead atoms. The van der Waals surface area contributed by atoms with Gasteiger partial charge in [-0.2, -0.15) is 0 Å². The first kappa shape index (κ1) is 31.9. The minimum Gasteiger partial charge on any atom is -0.455 e. The van der Waals surface area contributed by atoms with Crippen LogP contribution in [0.2, 0.25) is 0 Å². The molecule has 6 heteroatoms. The van der Waals surface area contributed by atoms with Crippen molar-refractivity contribution in [2.24, 2.45) is 0 Å². The van der Waals surface area contributed by atoms with Crippen LogP contribution in [0.25, 0.3) is 115 Å². The van der Waals surface area contributed by atoms with E-state index in [2.05, 4.69) is 126 Å². The molecule has 4 heterocycles. The van der Waals surface area contributed by atoms with Crippen molar-refractivity contribution in [3.63, 3.8) is 0 Å². The number of furan rings is 1. The number of benzene rings is 8. The number of aromatic nitrogens is 4. The van der Waals surface area contributed by atoms with Gasteiger partial charge in [0, 0.05) is 58.6 Å². The molecule has 0 aliphatic rings. The largest absolute Gasteiger partial charge is 0.455 e. The molecule has 0 spiro atoms. The summed E-state index contributed by atoms with van der Waals surface area (Å²) in [6.07, 6.45) is 0. The molecule has 5 nitrogen and oxygen atoms in total. The van der Waals surface area contributed by atoms with Gasteiger partial charge in [0.15, 0.2) is 17.5 Å². The van der Waals surface area contributed by atoms with Crippen molar-refractivity contribution in [2.75, 3.05) is 0 Å². The molecule has 0 atom stereocenters. The first-order chi connectivity index (χ1) is 28.2. The fourth-order valence-electron chi connectivity index (χ4n) is 8.45. The highest BCUT2D eigenvalue weighted by atomic mass is 32.1. The molecule has 0 N–H and O–H groups in total. The average molecular weight is 747 g/mol. The fourth-order valence-corrected chi connectivity index (χ4v) is 9.57. The monoisotopic (exact) mass is 746 g/mol. The van der Waals surface area contributed by atoms with Crippen LogP contribution in [0.3, 0.4) is 0 Å². The van der Waals surface area contributed by atoms with Gasteiger partial charge in [0.2, 0.25) is 0 Å². The Morgan fingerprint density at radius 2 is 1.00 bits per heavy atom. The summed E-state index contributed by atoms with van der Waals surface area (Å²) in [5, 5.41) is 7.10. The molecule has 12 aromatic rings. The molecule has 0 saturated heterocycles. The van der Waals surface area contributed by atoms with Crippen LogP contribution >= 0.6 is 11.3 Å². The third kappa shape index (κ3) is 5.04. The first-order valence-corrected chi connectivity index (χ1v) is 19.8. The van der Waals surface area contributed by atoms with Crippen LogP contribution in [-0.2, 0) is 0 Å². The Labute approximate surface area is 330 Å². The zero-order chi connectivity index (χ0) is 37.5. The predicted molar refractivity (Wildman–Crippen MR) is 236 cm³/mol. The summed E-state index contributed by atoms with van der Waals surface area (Å²) in [6, 6.07) is 63.8. The molecular weight excluding hydrogens is 717 g/mol. The zero-order valence-electron chi connectivity index (χ0n) is 30.4. The van der Waals surface area contributed by atoms with Crippen LogP contribution in [0.15, 0.2) is 186 Å². The van der Waals surface area contributed by atoms with E-state index in [0.29, 0.717) is 17.5 Å². The van der Waals surface area contributed by atoms with Crippen LogP contribution < -0.4 is 0 Å². The summed E-state index contributed by atoms with van der Waals surface area (Å²) >= 11 is 1.79. The molecule has 8 aromatic carbocycles. The quantitative estimate of drug-likeness (QED) is 0.176. The Morgan fingerprint density at radius 1 is 0.404 bits per heavy atom. The molecule has 0 radical (unpaired) electrons. The number of nitrogens with zero attached hydrogens (tertiary/aromatic N) is 4. The molecule has 0 fully saturated rings. The summed E-state index contributed by atoms with van der Waals surface area (Å²) in [6.45, 7) is 0. The Hall–Kier alpha value is -7.41. The van der Waals surface area contributed by atoms with Gasteiger partial charge in [-0.25, -0.2) is 15.0 Å². The van der Waals surface area contributed by atoms with Crippen molar-refractivity contribution in [1.82, 2.24) is 19.5 Å². The lowest BCUT2D eigenvalue weighted by Crippen LogP contribution is -1.99. The Balaban J connectivity index is 0.988. The van der Waals surface area contributed by atoms with Gasteiger partial charge in [-0.3, -0.25) is 0 Å². The van der Waals surface area contributed by atoms with Crippen molar-refractivity contribution < 1.29 is 4.42 Å². The number of thiophene rings is 1. The second-order valence-electron chi connectivity index (χ2n) is 14.4. The highest BCUT2D eigenvalue weighted by Crippen LogP contribution is 2.43. The van der Waals surface area contributed by atoms with Crippen molar-refractivity contribution in [3.05, 3.63) is 182 Å². The first-order valence-electron chi connectivity index (χ1n) is 19.0. The fraction of sp³-hybridized carbons (Fsp3) is 0. The van der Waals surface area contributed by atoms with Gasteiger partial charge in [0.25, 0.3) is 0 Å². The lowest BCUT2D eigenvalue weighted by molar-refractivity contribution is 0.670. The lowest BCUT2D eigenvalue weighted by Gasteiger charge is -2.09. The van der Waals surface area contributed by atoms with Crippen LogP contribution in [0.4, 0.5) is 0 Å². The Morgan fingerprint density at radius 3 is 1.70 bits per heavy atom.